The summed E-state index contributed by atoms with van der Waals surface area (Å²) in [4.78, 5) is 3.37. The van der Waals surface area contributed by atoms with Gasteiger partial charge in [-0.1, -0.05) is 6.07 Å². The van der Waals surface area contributed by atoms with Gasteiger partial charge in [0.25, 0.3) is 0 Å². The molecule has 1 atom stereocenters. The van der Waals surface area contributed by atoms with E-state index in [1.165, 1.54) is 6.07 Å². The molecule has 0 spiro atoms. The lowest BCUT2D eigenvalue weighted by molar-refractivity contribution is -0.141. The molecule has 0 amide bonds. The average Bonchev–Trinajstić information content (AvgIpc) is 3.04. The highest BCUT2D eigenvalue weighted by Gasteiger charge is 2.44. The van der Waals surface area contributed by atoms with Crippen molar-refractivity contribution in [3.8, 4) is 0 Å². The van der Waals surface area contributed by atoms with E-state index >= 15 is 0 Å². The van der Waals surface area contributed by atoms with E-state index in [0.717, 1.165) is 12.3 Å². The third-order valence-corrected chi connectivity index (χ3v) is 3.24. The molecule has 18 heavy (non-hydrogen) atoms. The predicted molar refractivity (Wildman–Crippen MR) is 58.7 cm³/mol. The lowest BCUT2D eigenvalue weighted by Gasteiger charge is -2.17. The summed E-state index contributed by atoms with van der Waals surface area (Å²) in [5, 5.41) is 0. The first-order chi connectivity index (χ1) is 8.34. The molecule has 1 aliphatic carbocycles. The standard InChI is InChI=1S/C12H14F4N2/c13-11(3-4-11)5-9(6-17)8-1-2-10(18-7-8)12(14,15)16/h1-2,7,9H,3-6,17H2. The second-order valence-electron chi connectivity index (χ2n) is 4.76. The number of nitrogens with zero attached hydrogens (tertiary/aromatic N) is 1. The number of halogens is 4. The van der Waals surface area contributed by atoms with Crippen molar-refractivity contribution in [1.29, 1.82) is 0 Å². The molecular weight excluding hydrogens is 248 g/mol. The highest BCUT2D eigenvalue weighted by atomic mass is 19.4. The summed E-state index contributed by atoms with van der Waals surface area (Å²) < 4.78 is 50.6. The van der Waals surface area contributed by atoms with E-state index in [-0.39, 0.29) is 18.9 Å². The molecule has 1 aromatic rings. The minimum Gasteiger partial charge on any atom is -0.330 e. The van der Waals surface area contributed by atoms with E-state index in [1.807, 2.05) is 0 Å². The van der Waals surface area contributed by atoms with Crippen LogP contribution < -0.4 is 5.73 Å². The zero-order valence-electron chi connectivity index (χ0n) is 9.67. The molecule has 0 aromatic carbocycles. The van der Waals surface area contributed by atoms with Crippen LogP contribution in [0, 0.1) is 0 Å². The molecule has 0 saturated heterocycles. The van der Waals surface area contributed by atoms with Gasteiger partial charge in [-0.3, -0.25) is 4.98 Å². The van der Waals surface area contributed by atoms with Gasteiger partial charge in [-0.2, -0.15) is 13.2 Å². The average molecular weight is 262 g/mol. The molecule has 1 aromatic heterocycles. The fourth-order valence-electron chi connectivity index (χ4n) is 1.93. The van der Waals surface area contributed by atoms with Gasteiger partial charge < -0.3 is 5.73 Å². The zero-order valence-corrected chi connectivity index (χ0v) is 9.67. The first-order valence-corrected chi connectivity index (χ1v) is 5.76. The van der Waals surface area contributed by atoms with Gasteiger partial charge in [0.05, 0.1) is 0 Å². The van der Waals surface area contributed by atoms with Crippen LogP contribution in [0.5, 0.6) is 0 Å². The highest BCUT2D eigenvalue weighted by Crippen LogP contribution is 2.46. The van der Waals surface area contributed by atoms with Crippen LogP contribution >= 0.6 is 0 Å². The molecule has 0 radical (unpaired) electrons. The Labute approximate surface area is 102 Å². The minimum atomic E-state index is -4.45. The third kappa shape index (κ3) is 2.98. The Hall–Kier alpha value is -1.17. The summed E-state index contributed by atoms with van der Waals surface area (Å²) in [7, 11) is 0. The second-order valence-corrected chi connectivity index (χ2v) is 4.76. The van der Waals surface area contributed by atoms with Crippen molar-refractivity contribution in [3.05, 3.63) is 29.6 Å². The van der Waals surface area contributed by atoms with Gasteiger partial charge >= 0.3 is 6.18 Å². The molecule has 0 aliphatic heterocycles. The summed E-state index contributed by atoms with van der Waals surface area (Å²) in [6.45, 7) is 0.207. The number of alkyl halides is 4. The van der Waals surface area contributed by atoms with Gasteiger partial charge in [0.2, 0.25) is 0 Å². The van der Waals surface area contributed by atoms with Gasteiger partial charge in [-0.15, -0.1) is 0 Å². The maximum atomic E-state index is 13.6. The topological polar surface area (TPSA) is 38.9 Å². The van der Waals surface area contributed by atoms with Crippen molar-refractivity contribution in [2.24, 2.45) is 5.73 Å². The summed E-state index contributed by atoms with van der Waals surface area (Å²) in [5.41, 5.74) is 4.00. The number of nitrogens with two attached hydrogens (primary N) is 1. The van der Waals surface area contributed by atoms with Gasteiger partial charge in [-0.25, -0.2) is 4.39 Å². The molecule has 2 rings (SSSR count). The maximum Gasteiger partial charge on any atom is 0.433 e. The Kier molecular flexibility index (Phi) is 3.31. The van der Waals surface area contributed by atoms with Crippen LogP contribution in [0.3, 0.4) is 0 Å². The van der Waals surface area contributed by atoms with Crippen LogP contribution in [0.15, 0.2) is 18.3 Å². The lowest BCUT2D eigenvalue weighted by Crippen LogP contribution is -2.18. The first kappa shape index (κ1) is 13.3. The Bertz CT molecular complexity index is 409. The molecule has 2 N–H and O–H groups in total. The lowest BCUT2D eigenvalue weighted by atomic mass is 9.94. The highest BCUT2D eigenvalue weighted by molar-refractivity contribution is 5.21. The maximum absolute atomic E-state index is 13.6. The van der Waals surface area contributed by atoms with Crippen molar-refractivity contribution in [2.75, 3.05) is 6.54 Å². The number of pyridine rings is 1. The number of hydrogen-bond donors (Lipinski definition) is 1. The van der Waals surface area contributed by atoms with E-state index in [9.17, 15) is 17.6 Å². The fraction of sp³-hybridized carbons (Fsp3) is 0.583. The number of hydrogen-bond acceptors (Lipinski definition) is 2. The quantitative estimate of drug-likeness (QED) is 0.847. The van der Waals surface area contributed by atoms with Gasteiger partial charge in [-0.05, 0) is 37.4 Å². The molecule has 6 heteroatoms. The van der Waals surface area contributed by atoms with Crippen LogP contribution in [-0.4, -0.2) is 17.2 Å². The molecule has 1 saturated carbocycles. The third-order valence-electron chi connectivity index (χ3n) is 3.24. The second kappa shape index (κ2) is 4.50. The normalized spacial score (nSPS) is 19.6. The predicted octanol–water partition coefficient (Wildman–Crippen LogP) is 3.03. The van der Waals surface area contributed by atoms with Gasteiger partial charge in [0.1, 0.15) is 11.4 Å². The molecule has 1 fully saturated rings. The van der Waals surface area contributed by atoms with Crippen LogP contribution in [0.25, 0.3) is 0 Å². The van der Waals surface area contributed by atoms with Crippen LogP contribution in [-0.2, 0) is 6.18 Å². The number of rotatable bonds is 4. The van der Waals surface area contributed by atoms with E-state index < -0.39 is 17.5 Å². The molecule has 2 nitrogen and oxygen atoms in total. The van der Waals surface area contributed by atoms with Gasteiger partial charge in [0.15, 0.2) is 0 Å². The Morgan fingerprint density at radius 1 is 1.33 bits per heavy atom. The minimum absolute atomic E-state index is 0.207. The van der Waals surface area contributed by atoms with Crippen molar-refractivity contribution < 1.29 is 17.6 Å². The largest absolute Gasteiger partial charge is 0.433 e. The van der Waals surface area contributed by atoms with E-state index in [2.05, 4.69) is 4.98 Å². The molecule has 1 heterocycles. The molecular formula is C12H14F4N2. The summed E-state index contributed by atoms with van der Waals surface area (Å²) >= 11 is 0. The van der Waals surface area contributed by atoms with Crippen molar-refractivity contribution in [3.63, 3.8) is 0 Å². The fourth-order valence-corrected chi connectivity index (χ4v) is 1.93. The van der Waals surface area contributed by atoms with E-state index in [0.29, 0.717) is 18.4 Å². The molecule has 0 bridgehead atoms. The van der Waals surface area contributed by atoms with E-state index in [4.69, 9.17) is 5.73 Å². The molecule has 100 valence electrons. The molecule has 1 aliphatic rings. The van der Waals surface area contributed by atoms with E-state index in [1.54, 1.807) is 0 Å². The molecule has 1 unspecified atom stereocenters. The number of aromatic nitrogens is 1. The van der Waals surface area contributed by atoms with Crippen LogP contribution in [0.2, 0.25) is 0 Å². The Balaban J connectivity index is 2.12. The summed E-state index contributed by atoms with van der Waals surface area (Å²) in [6, 6.07) is 2.24. The summed E-state index contributed by atoms with van der Waals surface area (Å²) in [5.74, 6) is -0.271. The van der Waals surface area contributed by atoms with Crippen LogP contribution in [0.4, 0.5) is 17.6 Å². The Morgan fingerprint density at radius 2 is 2.00 bits per heavy atom. The van der Waals surface area contributed by atoms with Crippen LogP contribution in [0.1, 0.15) is 36.4 Å². The smallest absolute Gasteiger partial charge is 0.330 e. The first-order valence-electron chi connectivity index (χ1n) is 5.76. The monoisotopic (exact) mass is 262 g/mol. The summed E-state index contributed by atoms with van der Waals surface area (Å²) in [6.07, 6.45) is -2.02. The van der Waals surface area contributed by atoms with Crippen molar-refractivity contribution in [2.45, 2.75) is 37.0 Å². The Morgan fingerprint density at radius 3 is 2.39 bits per heavy atom. The van der Waals surface area contributed by atoms with Crippen molar-refractivity contribution in [1.82, 2.24) is 4.98 Å². The SMILES string of the molecule is NCC(CC1(F)CC1)c1ccc(C(F)(F)F)nc1. The van der Waals surface area contributed by atoms with Gasteiger partial charge in [0, 0.05) is 12.1 Å². The van der Waals surface area contributed by atoms with Crippen molar-refractivity contribution >= 4 is 0 Å². The zero-order chi connectivity index (χ0) is 13.4.